The molecule has 1 saturated heterocycles. The second-order valence-electron chi connectivity index (χ2n) is 7.99. The van der Waals surface area contributed by atoms with Gasteiger partial charge in [-0.25, -0.2) is 13.8 Å². The Bertz CT molecular complexity index is 1340. The van der Waals surface area contributed by atoms with Crippen LogP contribution in [0.15, 0.2) is 64.3 Å². The van der Waals surface area contributed by atoms with Gasteiger partial charge in [0.25, 0.3) is 5.56 Å². The van der Waals surface area contributed by atoms with Crippen molar-refractivity contribution >= 4 is 0 Å². The van der Waals surface area contributed by atoms with Crippen molar-refractivity contribution in [3.05, 3.63) is 86.9 Å². The van der Waals surface area contributed by atoms with Crippen LogP contribution in [0, 0.1) is 5.82 Å². The average Bonchev–Trinajstić information content (AvgIpc) is 3.03. The molecule has 1 aliphatic rings. The van der Waals surface area contributed by atoms with Gasteiger partial charge in [-0.05, 0) is 23.8 Å². The minimum absolute atomic E-state index is 0.0834. The Kier molecular flexibility index (Phi) is 6.33. The third-order valence-corrected chi connectivity index (χ3v) is 5.83. The highest BCUT2D eigenvalue weighted by molar-refractivity contribution is 5.62. The summed E-state index contributed by atoms with van der Waals surface area (Å²) in [5.74, 6) is -4.20. The number of aromatic hydroxyl groups is 1. The molecule has 12 nitrogen and oxygen atoms in total. The molecular weight excluding hydrogens is 469 g/mol. The summed E-state index contributed by atoms with van der Waals surface area (Å²) < 4.78 is 19.9. The maximum atomic E-state index is 14.4. The van der Waals surface area contributed by atoms with Crippen molar-refractivity contribution in [3.8, 4) is 16.9 Å². The monoisotopic (exact) mass is 491 g/mol. The van der Waals surface area contributed by atoms with Crippen molar-refractivity contribution in [1.29, 1.82) is 0 Å². The predicted molar refractivity (Wildman–Crippen MR) is 115 cm³/mol. The number of nitrogens with one attached hydrogen (secondary N) is 1. The van der Waals surface area contributed by atoms with Gasteiger partial charge in [-0.2, -0.15) is 0 Å². The topological polar surface area (TPSA) is 189 Å². The Morgan fingerprint density at radius 2 is 1.74 bits per heavy atom. The molecule has 186 valence electrons. The smallest absolute Gasteiger partial charge is 0.332 e. The van der Waals surface area contributed by atoms with E-state index in [1.807, 2.05) is 4.98 Å². The number of aromatic nitrogens is 2. The number of phenols is 1. The average molecular weight is 491 g/mol. The van der Waals surface area contributed by atoms with E-state index < -0.39 is 59.6 Å². The van der Waals surface area contributed by atoms with Crippen LogP contribution in [0.1, 0.15) is 5.56 Å². The molecule has 2 aromatic carbocycles. The fourth-order valence-electron chi connectivity index (χ4n) is 3.97. The minimum Gasteiger partial charge on any atom is -0.508 e. The second kappa shape index (κ2) is 8.98. The molecule has 0 bridgehead atoms. The van der Waals surface area contributed by atoms with E-state index in [0.29, 0.717) is 11.8 Å². The number of ether oxygens (including phenoxy) is 1. The van der Waals surface area contributed by atoms with E-state index in [2.05, 4.69) is 0 Å². The zero-order valence-corrected chi connectivity index (χ0v) is 17.9. The number of hydrogen-bond donors (Lipinski definition) is 7. The van der Waals surface area contributed by atoms with E-state index in [1.54, 1.807) is 0 Å². The van der Waals surface area contributed by atoms with Gasteiger partial charge in [-0.1, -0.05) is 30.3 Å². The lowest BCUT2D eigenvalue weighted by Crippen LogP contribution is -2.68. The van der Waals surface area contributed by atoms with Crippen LogP contribution in [-0.4, -0.2) is 69.9 Å². The summed E-state index contributed by atoms with van der Waals surface area (Å²) >= 11 is 0. The third-order valence-electron chi connectivity index (χ3n) is 5.83. The van der Waals surface area contributed by atoms with Gasteiger partial charge in [-0.15, -0.1) is 5.06 Å². The van der Waals surface area contributed by atoms with Gasteiger partial charge in [0.15, 0.2) is 0 Å². The number of hydroxylamine groups is 2. The molecule has 7 N–H and O–H groups in total. The molecule has 0 aliphatic carbocycles. The van der Waals surface area contributed by atoms with Gasteiger partial charge in [0.2, 0.25) is 5.72 Å². The Morgan fingerprint density at radius 1 is 1.09 bits per heavy atom. The van der Waals surface area contributed by atoms with Crippen molar-refractivity contribution in [2.24, 2.45) is 0 Å². The Hall–Kier alpha value is -3.43. The first-order valence-electron chi connectivity index (χ1n) is 10.3. The minimum atomic E-state index is -3.28. The highest BCUT2D eigenvalue weighted by Gasteiger charge is 2.70. The summed E-state index contributed by atoms with van der Waals surface area (Å²) in [5.41, 5.74) is -5.94. The molecule has 1 aliphatic heterocycles. The highest BCUT2D eigenvalue weighted by Crippen LogP contribution is 2.43. The first kappa shape index (κ1) is 24.7. The number of nitrogens with zero attached hydrogens (tertiary/aromatic N) is 2. The van der Waals surface area contributed by atoms with Crippen molar-refractivity contribution < 1.29 is 39.9 Å². The summed E-state index contributed by atoms with van der Waals surface area (Å²) in [6, 6.07) is 10.4. The van der Waals surface area contributed by atoms with Crippen molar-refractivity contribution in [3.63, 3.8) is 0 Å². The number of phenolic OH excluding ortho intramolecular Hbond substituents is 1. The van der Waals surface area contributed by atoms with Gasteiger partial charge < -0.3 is 35.5 Å². The maximum Gasteiger partial charge on any atom is 0.332 e. The van der Waals surface area contributed by atoms with E-state index in [4.69, 9.17) is 4.74 Å². The van der Waals surface area contributed by atoms with Crippen LogP contribution in [0.4, 0.5) is 4.39 Å². The van der Waals surface area contributed by atoms with Crippen LogP contribution >= 0.6 is 0 Å². The fourth-order valence-corrected chi connectivity index (χ4v) is 3.97. The molecule has 13 heteroatoms. The molecule has 0 unspecified atom stereocenters. The van der Waals surface area contributed by atoms with E-state index in [9.17, 15) is 44.7 Å². The Labute approximate surface area is 195 Å². The summed E-state index contributed by atoms with van der Waals surface area (Å²) in [7, 11) is 0. The summed E-state index contributed by atoms with van der Waals surface area (Å²) in [5, 5.41) is 63.4. The van der Waals surface area contributed by atoms with E-state index in [-0.39, 0.29) is 20.9 Å². The molecular formula is C22H22FN3O9. The van der Waals surface area contributed by atoms with Gasteiger partial charge in [0.05, 0.1) is 18.7 Å². The SMILES string of the molecule is O=c1[nH]c(=O)n([C@]2(O)O[C@H](CO)[C@@H](O)[C@]2(O)N(O)Cc2ccc(O)cc2)cc1-c1ccccc1F. The number of aromatic amines is 1. The van der Waals surface area contributed by atoms with Crippen molar-refractivity contribution in [2.75, 3.05) is 6.61 Å². The Balaban J connectivity index is 1.87. The van der Waals surface area contributed by atoms with Crippen LogP contribution in [0.25, 0.3) is 11.1 Å². The van der Waals surface area contributed by atoms with Crippen LogP contribution in [0.3, 0.4) is 0 Å². The van der Waals surface area contributed by atoms with Gasteiger partial charge >= 0.3 is 11.6 Å². The fraction of sp³-hybridized carbons (Fsp3) is 0.273. The highest BCUT2D eigenvalue weighted by atomic mass is 19.1. The van der Waals surface area contributed by atoms with Gasteiger partial charge in [-0.3, -0.25) is 9.78 Å². The van der Waals surface area contributed by atoms with Crippen molar-refractivity contribution in [1.82, 2.24) is 14.6 Å². The molecule has 0 spiro atoms. The largest absolute Gasteiger partial charge is 0.508 e. The molecule has 1 fully saturated rings. The molecule has 3 aromatic rings. The molecule has 4 rings (SSSR count). The number of H-pyrrole nitrogens is 1. The lowest BCUT2D eigenvalue weighted by molar-refractivity contribution is -0.413. The Morgan fingerprint density at radius 3 is 2.37 bits per heavy atom. The van der Waals surface area contributed by atoms with E-state index in [1.165, 1.54) is 42.5 Å². The standard InChI is InChI=1S/C22H22FN3O9/c23-16-4-2-1-3-14(16)15-10-25(20(31)24-19(15)30)22(33)21(32,18(29)17(11-27)35-22)26(34)9-12-5-7-13(28)8-6-12/h1-8,10,17-18,27-29,32-34H,9,11H2,(H,24,30,31)/t17-,18-,21-,22-/m1/s1. The van der Waals surface area contributed by atoms with Gasteiger partial charge in [0.1, 0.15) is 23.8 Å². The van der Waals surface area contributed by atoms with Crippen LogP contribution in [0.5, 0.6) is 5.75 Å². The lowest BCUT2D eigenvalue weighted by Gasteiger charge is -2.42. The molecule has 4 atom stereocenters. The molecule has 0 radical (unpaired) electrons. The first-order chi connectivity index (χ1) is 16.5. The number of aliphatic hydroxyl groups excluding tert-OH is 2. The molecule has 2 heterocycles. The summed E-state index contributed by atoms with van der Waals surface area (Å²) in [6.07, 6.45) is -3.18. The van der Waals surface area contributed by atoms with Crippen molar-refractivity contribution in [2.45, 2.75) is 30.4 Å². The normalized spacial score (nSPS) is 26.4. The first-order valence-corrected chi connectivity index (χ1v) is 10.3. The lowest BCUT2D eigenvalue weighted by atomic mass is 9.99. The summed E-state index contributed by atoms with van der Waals surface area (Å²) in [6.45, 7) is -1.51. The molecule has 1 aromatic heterocycles. The number of rotatable bonds is 6. The number of aliphatic hydroxyl groups is 4. The molecule has 0 amide bonds. The van der Waals surface area contributed by atoms with Crippen LogP contribution in [-0.2, 0) is 17.2 Å². The number of hydrogen-bond acceptors (Lipinski definition) is 10. The number of halogens is 1. The quantitative estimate of drug-likeness (QED) is 0.166. The predicted octanol–water partition coefficient (Wildman–Crippen LogP) is -1.02. The molecule has 0 saturated carbocycles. The second-order valence-corrected chi connectivity index (χ2v) is 7.99. The van der Waals surface area contributed by atoms with E-state index in [0.717, 1.165) is 6.07 Å². The number of benzene rings is 2. The van der Waals surface area contributed by atoms with Crippen LogP contribution in [0.2, 0.25) is 0 Å². The zero-order valence-electron chi connectivity index (χ0n) is 17.9. The van der Waals surface area contributed by atoms with Gasteiger partial charge in [0, 0.05) is 11.8 Å². The van der Waals surface area contributed by atoms with E-state index >= 15 is 0 Å². The van der Waals surface area contributed by atoms with Crippen LogP contribution < -0.4 is 11.2 Å². The third kappa shape index (κ3) is 3.94. The zero-order chi connectivity index (χ0) is 25.5. The summed E-state index contributed by atoms with van der Waals surface area (Å²) in [4.78, 5) is 27.0. The molecule has 35 heavy (non-hydrogen) atoms. The maximum absolute atomic E-state index is 14.4.